The maximum atomic E-state index is 12.4. The molecular weight excluding hydrogens is 322 g/mol. The minimum Gasteiger partial charge on any atom is -0.456 e. The van der Waals surface area contributed by atoms with Crippen LogP contribution in [0.5, 0.6) is 0 Å². The van der Waals surface area contributed by atoms with Crippen molar-refractivity contribution >= 4 is 17.0 Å². The van der Waals surface area contributed by atoms with Crippen molar-refractivity contribution in [1.29, 1.82) is 0 Å². The quantitative estimate of drug-likeness (QED) is 0.764. The third kappa shape index (κ3) is 6.73. The molecule has 2 atom stereocenters. The molecule has 0 amide bonds. The monoisotopic (exact) mass is 353 g/mol. The first-order valence-electron chi connectivity index (χ1n) is 8.45. The van der Waals surface area contributed by atoms with Gasteiger partial charge in [-0.05, 0) is 65.7 Å². The lowest BCUT2D eigenvalue weighted by Crippen LogP contribution is -2.35. The van der Waals surface area contributed by atoms with Gasteiger partial charge < -0.3 is 4.74 Å². The van der Waals surface area contributed by atoms with E-state index in [4.69, 9.17) is 4.74 Å². The van der Waals surface area contributed by atoms with Crippen molar-refractivity contribution < 1.29 is 13.7 Å². The predicted molar refractivity (Wildman–Crippen MR) is 100 cm³/mol. The van der Waals surface area contributed by atoms with E-state index in [1.807, 2.05) is 53.7 Å². The summed E-state index contributed by atoms with van der Waals surface area (Å²) in [6.07, 6.45) is 1.86. The summed E-state index contributed by atoms with van der Waals surface area (Å²) in [5.41, 5.74) is 1.05. The molecule has 5 heteroatoms. The van der Waals surface area contributed by atoms with E-state index in [0.29, 0.717) is 5.56 Å². The first-order valence-corrected chi connectivity index (χ1v) is 9.60. The average molecular weight is 354 g/mol. The van der Waals surface area contributed by atoms with Crippen molar-refractivity contribution in [3.8, 4) is 0 Å². The van der Waals surface area contributed by atoms with Crippen LogP contribution in [0.25, 0.3) is 0 Å². The molecule has 1 rings (SSSR count). The van der Waals surface area contributed by atoms with E-state index in [2.05, 4.69) is 11.6 Å². The minimum absolute atomic E-state index is 0.00254. The summed E-state index contributed by atoms with van der Waals surface area (Å²) in [5.74, 6) is -0.327. The molecule has 0 radical (unpaired) electrons. The molecular formula is C19H31NO3S. The van der Waals surface area contributed by atoms with Gasteiger partial charge in [-0.25, -0.2) is 13.7 Å². The minimum atomic E-state index is -1.14. The van der Waals surface area contributed by atoms with Crippen molar-refractivity contribution in [1.82, 2.24) is 4.72 Å². The zero-order chi connectivity index (χ0) is 18.5. The Bertz CT molecular complexity index is 568. The molecule has 1 N–H and O–H groups in total. The fourth-order valence-corrected chi connectivity index (χ4v) is 2.94. The van der Waals surface area contributed by atoms with Crippen LogP contribution in [-0.2, 0) is 15.7 Å². The smallest absolute Gasteiger partial charge is 0.338 e. The van der Waals surface area contributed by atoms with Crippen molar-refractivity contribution in [2.24, 2.45) is 0 Å². The highest BCUT2D eigenvalue weighted by molar-refractivity contribution is 7.84. The molecule has 0 saturated carbocycles. The van der Waals surface area contributed by atoms with E-state index < -0.39 is 16.6 Å². The maximum Gasteiger partial charge on any atom is 0.338 e. The van der Waals surface area contributed by atoms with Crippen LogP contribution in [0.15, 0.2) is 24.3 Å². The van der Waals surface area contributed by atoms with Gasteiger partial charge in [-0.2, -0.15) is 0 Å². The molecule has 0 saturated heterocycles. The summed E-state index contributed by atoms with van der Waals surface area (Å²) in [5, 5.41) is 0. The van der Waals surface area contributed by atoms with Crippen LogP contribution in [0.2, 0.25) is 0 Å². The molecule has 0 bridgehead atoms. The van der Waals surface area contributed by atoms with Gasteiger partial charge in [0.15, 0.2) is 0 Å². The van der Waals surface area contributed by atoms with E-state index in [-0.39, 0.29) is 16.8 Å². The second kappa shape index (κ2) is 8.26. The van der Waals surface area contributed by atoms with Crippen molar-refractivity contribution in [2.45, 2.75) is 77.7 Å². The van der Waals surface area contributed by atoms with Crippen LogP contribution in [0.4, 0.5) is 0 Å². The summed E-state index contributed by atoms with van der Waals surface area (Å²) in [4.78, 5) is 12.1. The Hall–Kier alpha value is -1.20. The van der Waals surface area contributed by atoms with E-state index in [1.165, 1.54) is 0 Å². The van der Waals surface area contributed by atoms with Gasteiger partial charge in [0, 0.05) is 6.04 Å². The van der Waals surface area contributed by atoms with Gasteiger partial charge in [0.1, 0.15) is 5.60 Å². The SMILES string of the molecule is CCCC(NS(=O)C(C)(C)C)c1ccc(C(=O)OC(C)(C)C)cc1. The van der Waals surface area contributed by atoms with Crippen LogP contribution in [0, 0.1) is 0 Å². The Morgan fingerprint density at radius 1 is 1.12 bits per heavy atom. The van der Waals surface area contributed by atoms with Crippen LogP contribution < -0.4 is 4.72 Å². The van der Waals surface area contributed by atoms with Gasteiger partial charge >= 0.3 is 5.97 Å². The highest BCUT2D eigenvalue weighted by atomic mass is 32.2. The third-order valence-electron chi connectivity index (χ3n) is 3.33. The van der Waals surface area contributed by atoms with Gasteiger partial charge in [0.05, 0.1) is 21.3 Å². The molecule has 0 spiro atoms. The van der Waals surface area contributed by atoms with Crippen LogP contribution in [0.3, 0.4) is 0 Å². The summed E-state index contributed by atoms with van der Waals surface area (Å²) in [7, 11) is -1.14. The van der Waals surface area contributed by atoms with Gasteiger partial charge in [-0.3, -0.25) is 0 Å². The Morgan fingerprint density at radius 2 is 1.67 bits per heavy atom. The molecule has 4 nitrogen and oxygen atoms in total. The van der Waals surface area contributed by atoms with Crippen LogP contribution >= 0.6 is 0 Å². The first kappa shape index (κ1) is 20.8. The lowest BCUT2D eigenvalue weighted by Gasteiger charge is -2.24. The molecule has 0 fully saturated rings. The van der Waals surface area contributed by atoms with Crippen LogP contribution in [0.1, 0.15) is 83.3 Å². The largest absolute Gasteiger partial charge is 0.456 e. The summed E-state index contributed by atoms with van der Waals surface area (Å²) in [6, 6.07) is 7.36. The fraction of sp³-hybridized carbons (Fsp3) is 0.632. The molecule has 136 valence electrons. The number of ether oxygens (including phenoxy) is 1. The predicted octanol–water partition coefficient (Wildman–Crippen LogP) is 4.53. The number of hydrogen-bond acceptors (Lipinski definition) is 3. The molecule has 0 heterocycles. The van der Waals surface area contributed by atoms with E-state index >= 15 is 0 Å². The Morgan fingerprint density at radius 3 is 2.08 bits per heavy atom. The molecule has 0 aliphatic rings. The number of benzene rings is 1. The summed E-state index contributed by atoms with van der Waals surface area (Å²) >= 11 is 0. The number of carbonyl (C=O) groups excluding carboxylic acids is 1. The topological polar surface area (TPSA) is 55.4 Å². The Kier molecular flexibility index (Phi) is 7.17. The molecule has 1 aromatic carbocycles. The number of carbonyl (C=O) groups is 1. The van der Waals surface area contributed by atoms with Gasteiger partial charge in [-0.1, -0.05) is 25.5 Å². The average Bonchev–Trinajstić information content (AvgIpc) is 2.44. The lowest BCUT2D eigenvalue weighted by atomic mass is 10.0. The zero-order valence-corrected chi connectivity index (χ0v) is 16.8. The van der Waals surface area contributed by atoms with Crippen molar-refractivity contribution in [3.63, 3.8) is 0 Å². The van der Waals surface area contributed by atoms with E-state index in [0.717, 1.165) is 18.4 Å². The van der Waals surface area contributed by atoms with E-state index in [1.54, 1.807) is 12.1 Å². The molecule has 2 unspecified atom stereocenters. The molecule has 0 aliphatic heterocycles. The normalized spacial score (nSPS) is 15.0. The van der Waals surface area contributed by atoms with Gasteiger partial charge in [-0.15, -0.1) is 0 Å². The number of nitrogens with one attached hydrogen (secondary N) is 1. The highest BCUT2D eigenvalue weighted by Crippen LogP contribution is 2.23. The first-order chi connectivity index (χ1) is 10.9. The second-order valence-electron chi connectivity index (χ2n) is 7.96. The number of hydrogen-bond donors (Lipinski definition) is 1. The highest BCUT2D eigenvalue weighted by Gasteiger charge is 2.24. The second-order valence-corrected chi connectivity index (χ2v) is 9.96. The summed E-state index contributed by atoms with van der Waals surface area (Å²) < 4.78 is 20.7. The molecule has 0 aliphatic carbocycles. The third-order valence-corrected chi connectivity index (χ3v) is 4.94. The lowest BCUT2D eigenvalue weighted by molar-refractivity contribution is 0.00695. The van der Waals surface area contributed by atoms with Crippen molar-refractivity contribution in [2.75, 3.05) is 0 Å². The molecule has 0 aromatic heterocycles. The Labute approximate surface area is 149 Å². The van der Waals surface area contributed by atoms with Gasteiger partial charge in [0.2, 0.25) is 0 Å². The standard InChI is InChI=1S/C19H31NO3S/c1-8-9-16(20-24(22)19(5,6)7)14-10-12-15(13-11-14)17(21)23-18(2,3)4/h10-13,16,20H,8-9H2,1-7H3. The number of rotatable bonds is 6. The fourth-order valence-electron chi connectivity index (χ4n) is 2.08. The van der Waals surface area contributed by atoms with Crippen LogP contribution in [-0.4, -0.2) is 20.5 Å². The van der Waals surface area contributed by atoms with Gasteiger partial charge in [0.25, 0.3) is 0 Å². The maximum absolute atomic E-state index is 12.4. The Balaban J connectivity index is 2.90. The zero-order valence-electron chi connectivity index (χ0n) is 15.9. The molecule has 1 aromatic rings. The van der Waals surface area contributed by atoms with E-state index in [9.17, 15) is 9.00 Å². The number of esters is 1. The molecule has 24 heavy (non-hydrogen) atoms. The summed E-state index contributed by atoms with van der Waals surface area (Å²) in [6.45, 7) is 13.5. The van der Waals surface area contributed by atoms with Crippen molar-refractivity contribution in [3.05, 3.63) is 35.4 Å².